The smallest absolute Gasteiger partial charge is 0.263 e. The molecule has 0 saturated heterocycles. The standard InChI is InChI=1S/C9H10N4O/c1-12-5-3-10-8(12)7(14)9-11-4-6-13(9)2/h3-6H,1-2H3. The van der Waals surface area contributed by atoms with Gasteiger partial charge in [0.15, 0.2) is 11.6 Å². The first kappa shape index (κ1) is 8.68. The molecule has 0 aliphatic carbocycles. The molecule has 0 unspecified atom stereocenters. The Labute approximate surface area is 81.0 Å². The number of hydrogen-bond acceptors (Lipinski definition) is 3. The number of carbonyl (C=O) groups excluding carboxylic acids is 1. The fourth-order valence-electron chi connectivity index (χ4n) is 1.27. The van der Waals surface area contributed by atoms with E-state index >= 15 is 0 Å². The van der Waals surface area contributed by atoms with E-state index < -0.39 is 0 Å². The molecule has 0 amide bonds. The number of carbonyl (C=O) groups is 1. The summed E-state index contributed by atoms with van der Waals surface area (Å²) in [6.45, 7) is 0. The van der Waals surface area contributed by atoms with Gasteiger partial charge in [-0.15, -0.1) is 0 Å². The van der Waals surface area contributed by atoms with E-state index in [1.165, 1.54) is 0 Å². The second-order valence-electron chi connectivity index (χ2n) is 3.05. The predicted octanol–water partition coefficient (Wildman–Crippen LogP) is 0.385. The van der Waals surface area contributed by atoms with Gasteiger partial charge in [0, 0.05) is 38.9 Å². The van der Waals surface area contributed by atoms with Crippen molar-refractivity contribution in [3.05, 3.63) is 36.4 Å². The molecule has 0 saturated carbocycles. The molecule has 0 aromatic carbocycles. The monoisotopic (exact) mass is 190 g/mol. The van der Waals surface area contributed by atoms with Gasteiger partial charge in [0.05, 0.1) is 0 Å². The van der Waals surface area contributed by atoms with Crippen molar-refractivity contribution in [1.29, 1.82) is 0 Å². The van der Waals surface area contributed by atoms with Gasteiger partial charge in [-0.3, -0.25) is 4.79 Å². The number of aryl methyl sites for hydroxylation is 2. The van der Waals surface area contributed by atoms with Gasteiger partial charge in [-0.2, -0.15) is 0 Å². The van der Waals surface area contributed by atoms with E-state index in [9.17, 15) is 4.79 Å². The molecular weight excluding hydrogens is 180 g/mol. The molecule has 0 spiro atoms. The zero-order valence-corrected chi connectivity index (χ0v) is 8.01. The zero-order chi connectivity index (χ0) is 10.1. The van der Waals surface area contributed by atoms with Crippen LogP contribution in [0.25, 0.3) is 0 Å². The van der Waals surface area contributed by atoms with Crippen LogP contribution < -0.4 is 0 Å². The lowest BCUT2D eigenvalue weighted by atomic mass is 10.3. The first-order valence-corrected chi connectivity index (χ1v) is 4.19. The summed E-state index contributed by atoms with van der Waals surface area (Å²) in [6.07, 6.45) is 6.65. The lowest BCUT2D eigenvalue weighted by Crippen LogP contribution is -2.13. The highest BCUT2D eigenvalue weighted by Crippen LogP contribution is 2.04. The number of imidazole rings is 2. The molecule has 0 aliphatic heterocycles. The highest BCUT2D eigenvalue weighted by Gasteiger charge is 2.17. The number of ketones is 1. The molecule has 2 aromatic heterocycles. The van der Waals surface area contributed by atoms with Gasteiger partial charge in [0.1, 0.15) is 0 Å². The molecule has 2 aromatic rings. The van der Waals surface area contributed by atoms with Crippen LogP contribution in [0.3, 0.4) is 0 Å². The third kappa shape index (κ3) is 1.22. The molecule has 72 valence electrons. The van der Waals surface area contributed by atoms with E-state index in [1.807, 2.05) is 0 Å². The highest BCUT2D eigenvalue weighted by atomic mass is 16.1. The maximum Gasteiger partial charge on any atom is 0.263 e. The van der Waals surface area contributed by atoms with Crippen LogP contribution in [0, 0.1) is 0 Å². The Morgan fingerprint density at radius 2 is 1.50 bits per heavy atom. The van der Waals surface area contributed by atoms with Crippen molar-refractivity contribution in [3.8, 4) is 0 Å². The summed E-state index contributed by atoms with van der Waals surface area (Å²) in [6, 6.07) is 0. The van der Waals surface area contributed by atoms with Crippen LogP contribution in [0.4, 0.5) is 0 Å². The van der Waals surface area contributed by atoms with Gasteiger partial charge in [0.25, 0.3) is 5.78 Å². The van der Waals surface area contributed by atoms with Crippen molar-refractivity contribution in [2.24, 2.45) is 14.1 Å². The minimum absolute atomic E-state index is 0.162. The third-order valence-electron chi connectivity index (χ3n) is 2.05. The fraction of sp³-hybridized carbons (Fsp3) is 0.222. The van der Waals surface area contributed by atoms with Crippen molar-refractivity contribution >= 4 is 5.78 Å². The average molecular weight is 190 g/mol. The lowest BCUT2D eigenvalue weighted by Gasteiger charge is -2.00. The number of aromatic nitrogens is 4. The quantitative estimate of drug-likeness (QED) is 0.643. The molecule has 2 heterocycles. The molecular formula is C9H10N4O. The average Bonchev–Trinajstić information content (AvgIpc) is 2.73. The molecule has 5 heteroatoms. The van der Waals surface area contributed by atoms with Crippen molar-refractivity contribution in [2.45, 2.75) is 0 Å². The first-order chi connectivity index (χ1) is 6.70. The third-order valence-corrected chi connectivity index (χ3v) is 2.05. The number of hydrogen-bond donors (Lipinski definition) is 0. The summed E-state index contributed by atoms with van der Waals surface area (Å²) in [7, 11) is 3.56. The van der Waals surface area contributed by atoms with Gasteiger partial charge >= 0.3 is 0 Å². The summed E-state index contributed by atoms with van der Waals surface area (Å²) in [4.78, 5) is 19.8. The van der Waals surface area contributed by atoms with Crippen LogP contribution in [-0.2, 0) is 14.1 Å². The summed E-state index contributed by atoms with van der Waals surface area (Å²) >= 11 is 0. The van der Waals surface area contributed by atoms with Crippen LogP contribution in [0.5, 0.6) is 0 Å². The van der Waals surface area contributed by atoms with Crippen molar-refractivity contribution in [2.75, 3.05) is 0 Å². The minimum atomic E-state index is -0.162. The summed E-state index contributed by atoms with van der Waals surface area (Å²) in [5.74, 6) is 0.642. The fourth-order valence-corrected chi connectivity index (χ4v) is 1.27. The summed E-state index contributed by atoms with van der Waals surface area (Å²) in [5.41, 5.74) is 0. The highest BCUT2D eigenvalue weighted by molar-refractivity contribution is 6.04. The van der Waals surface area contributed by atoms with E-state index in [1.54, 1.807) is 48.0 Å². The van der Waals surface area contributed by atoms with E-state index in [0.29, 0.717) is 11.6 Å². The normalized spacial score (nSPS) is 10.4. The summed E-state index contributed by atoms with van der Waals surface area (Å²) in [5, 5.41) is 0. The first-order valence-electron chi connectivity index (χ1n) is 4.19. The van der Waals surface area contributed by atoms with Gasteiger partial charge in [-0.25, -0.2) is 9.97 Å². The molecule has 0 atom stereocenters. The van der Waals surface area contributed by atoms with Crippen LogP contribution in [0.2, 0.25) is 0 Å². The van der Waals surface area contributed by atoms with Gasteiger partial charge in [-0.05, 0) is 0 Å². The summed E-state index contributed by atoms with van der Waals surface area (Å²) < 4.78 is 3.36. The Morgan fingerprint density at radius 3 is 1.79 bits per heavy atom. The Bertz CT molecular complexity index is 426. The van der Waals surface area contributed by atoms with Gasteiger partial charge < -0.3 is 9.13 Å². The Kier molecular flexibility index (Phi) is 1.92. The Balaban J connectivity index is 2.44. The SMILES string of the molecule is Cn1ccnc1C(=O)c1nccn1C. The maximum absolute atomic E-state index is 11.8. The second-order valence-corrected chi connectivity index (χ2v) is 3.05. The van der Waals surface area contributed by atoms with Crippen LogP contribution in [0.1, 0.15) is 16.4 Å². The molecule has 0 bridgehead atoms. The van der Waals surface area contributed by atoms with Crippen LogP contribution >= 0.6 is 0 Å². The van der Waals surface area contributed by atoms with E-state index in [4.69, 9.17) is 0 Å². The zero-order valence-electron chi connectivity index (χ0n) is 8.01. The van der Waals surface area contributed by atoms with Gasteiger partial charge in [0.2, 0.25) is 0 Å². The van der Waals surface area contributed by atoms with Crippen molar-refractivity contribution in [1.82, 2.24) is 19.1 Å². The molecule has 0 N–H and O–H groups in total. The Morgan fingerprint density at radius 1 is 1.07 bits per heavy atom. The molecule has 5 nitrogen and oxygen atoms in total. The Hall–Kier alpha value is -1.91. The van der Waals surface area contributed by atoms with E-state index in [0.717, 1.165) is 0 Å². The van der Waals surface area contributed by atoms with E-state index in [2.05, 4.69) is 9.97 Å². The molecule has 0 aliphatic rings. The number of nitrogens with zero attached hydrogens (tertiary/aromatic N) is 4. The van der Waals surface area contributed by atoms with Gasteiger partial charge in [-0.1, -0.05) is 0 Å². The largest absolute Gasteiger partial charge is 0.331 e. The second kappa shape index (κ2) is 3.10. The van der Waals surface area contributed by atoms with E-state index in [-0.39, 0.29) is 5.78 Å². The van der Waals surface area contributed by atoms with Crippen molar-refractivity contribution < 1.29 is 4.79 Å². The number of rotatable bonds is 2. The molecule has 0 fully saturated rings. The molecule has 14 heavy (non-hydrogen) atoms. The van der Waals surface area contributed by atoms with Crippen LogP contribution in [0.15, 0.2) is 24.8 Å². The molecule has 0 radical (unpaired) electrons. The lowest BCUT2D eigenvalue weighted by molar-refractivity contribution is 0.101. The topological polar surface area (TPSA) is 52.7 Å². The van der Waals surface area contributed by atoms with Crippen LogP contribution in [-0.4, -0.2) is 24.9 Å². The maximum atomic E-state index is 11.8. The van der Waals surface area contributed by atoms with Crippen molar-refractivity contribution in [3.63, 3.8) is 0 Å². The molecule has 2 rings (SSSR count). The predicted molar refractivity (Wildman–Crippen MR) is 49.8 cm³/mol. The minimum Gasteiger partial charge on any atom is -0.331 e.